The second-order valence-electron chi connectivity index (χ2n) is 8.73. The van der Waals surface area contributed by atoms with Crippen molar-refractivity contribution in [3.05, 3.63) is 59.7 Å². The van der Waals surface area contributed by atoms with Crippen molar-refractivity contribution in [2.45, 2.75) is 32.2 Å². The Hall–Kier alpha value is -3.00. The van der Waals surface area contributed by atoms with Crippen LogP contribution in [0.5, 0.6) is 0 Å². The van der Waals surface area contributed by atoms with Gasteiger partial charge in [-0.2, -0.15) is 11.8 Å². The van der Waals surface area contributed by atoms with Gasteiger partial charge in [0.2, 0.25) is 5.91 Å². The van der Waals surface area contributed by atoms with E-state index in [0.29, 0.717) is 12.3 Å². The number of hydrogen-bond acceptors (Lipinski definition) is 5. The minimum absolute atomic E-state index is 0.0174. The van der Waals surface area contributed by atoms with E-state index < -0.39 is 18.1 Å². The third kappa shape index (κ3) is 6.32. The van der Waals surface area contributed by atoms with E-state index in [1.165, 1.54) is 4.90 Å². The number of carbonyl (C=O) groups is 3. The maximum Gasteiger partial charge on any atom is 0.407 e. The van der Waals surface area contributed by atoms with Crippen LogP contribution in [0.25, 0.3) is 11.1 Å². The van der Waals surface area contributed by atoms with Gasteiger partial charge in [-0.05, 0) is 34.4 Å². The molecule has 2 aromatic carbocycles. The molecule has 0 bridgehead atoms. The number of thioether (sulfide) groups is 1. The number of rotatable bonds is 11. The van der Waals surface area contributed by atoms with E-state index in [4.69, 9.17) is 9.84 Å². The number of fused-ring (bicyclic) bond motifs is 3. The molecule has 7 nitrogen and oxygen atoms in total. The molecule has 2 N–H and O–H groups in total. The van der Waals surface area contributed by atoms with E-state index >= 15 is 0 Å². The van der Waals surface area contributed by atoms with E-state index in [1.54, 1.807) is 11.8 Å². The molecule has 0 radical (unpaired) electrons. The van der Waals surface area contributed by atoms with Crippen LogP contribution >= 0.6 is 11.8 Å². The van der Waals surface area contributed by atoms with Crippen LogP contribution in [0, 0.1) is 5.92 Å². The number of amides is 2. The lowest BCUT2D eigenvalue weighted by atomic mass is 9.98. The summed E-state index contributed by atoms with van der Waals surface area (Å²) in [4.78, 5) is 38.0. The van der Waals surface area contributed by atoms with E-state index in [0.717, 1.165) is 22.3 Å². The fraction of sp³-hybridized carbons (Fsp3) is 0.423. The number of aliphatic carboxylic acids is 1. The highest BCUT2D eigenvalue weighted by Crippen LogP contribution is 2.44. The number of carboxylic acid groups (broad SMARTS) is 1. The largest absolute Gasteiger partial charge is 0.480 e. The van der Waals surface area contributed by atoms with E-state index in [9.17, 15) is 14.4 Å². The molecule has 0 heterocycles. The number of ether oxygens (including phenoxy) is 1. The van der Waals surface area contributed by atoms with Gasteiger partial charge in [-0.15, -0.1) is 0 Å². The van der Waals surface area contributed by atoms with Gasteiger partial charge in [-0.25, -0.2) is 4.79 Å². The Kier molecular flexibility index (Phi) is 8.98. The molecule has 1 atom stereocenters. The molecule has 3 rings (SSSR count). The summed E-state index contributed by atoms with van der Waals surface area (Å²) in [5.74, 6) is -0.786. The van der Waals surface area contributed by atoms with Crippen LogP contribution in [-0.2, 0) is 14.3 Å². The molecule has 1 aliphatic carbocycles. The summed E-state index contributed by atoms with van der Waals surface area (Å²) in [6.07, 6.45) is 1.34. The van der Waals surface area contributed by atoms with Crippen LogP contribution in [0.4, 0.5) is 4.79 Å². The zero-order valence-electron chi connectivity index (χ0n) is 19.8. The summed E-state index contributed by atoms with van der Waals surface area (Å²) in [5.41, 5.74) is 4.57. The van der Waals surface area contributed by atoms with Crippen molar-refractivity contribution in [1.29, 1.82) is 0 Å². The molecular formula is C26H32N2O5S. The van der Waals surface area contributed by atoms with Crippen LogP contribution < -0.4 is 5.32 Å². The fourth-order valence-corrected chi connectivity index (χ4v) is 4.62. The van der Waals surface area contributed by atoms with Crippen molar-refractivity contribution < 1.29 is 24.2 Å². The van der Waals surface area contributed by atoms with Crippen molar-refractivity contribution in [3.8, 4) is 11.1 Å². The third-order valence-corrected chi connectivity index (χ3v) is 6.68. The first-order valence-electron chi connectivity index (χ1n) is 11.4. The van der Waals surface area contributed by atoms with Gasteiger partial charge in [0.1, 0.15) is 13.2 Å². The first kappa shape index (κ1) is 25.6. The van der Waals surface area contributed by atoms with Gasteiger partial charge in [0.15, 0.2) is 0 Å². The van der Waals surface area contributed by atoms with Crippen molar-refractivity contribution in [2.75, 3.05) is 31.7 Å². The van der Waals surface area contributed by atoms with E-state index in [1.807, 2.05) is 44.4 Å². The Bertz CT molecular complexity index is 980. The average molecular weight is 485 g/mol. The average Bonchev–Trinajstić information content (AvgIpc) is 3.13. The van der Waals surface area contributed by atoms with Gasteiger partial charge in [0.05, 0.1) is 0 Å². The van der Waals surface area contributed by atoms with Gasteiger partial charge < -0.3 is 20.1 Å². The summed E-state index contributed by atoms with van der Waals surface area (Å²) >= 11 is 1.54. The van der Waals surface area contributed by atoms with Crippen LogP contribution in [0.15, 0.2) is 48.5 Å². The number of carboxylic acids is 1. The summed E-state index contributed by atoms with van der Waals surface area (Å²) in [6, 6.07) is 15.8. The lowest BCUT2D eigenvalue weighted by Crippen LogP contribution is -2.45. The van der Waals surface area contributed by atoms with Crippen molar-refractivity contribution in [2.24, 2.45) is 5.92 Å². The third-order valence-electron chi connectivity index (χ3n) is 6.09. The molecule has 2 aromatic rings. The van der Waals surface area contributed by atoms with Crippen LogP contribution in [0.1, 0.15) is 37.3 Å². The Balaban J connectivity index is 1.62. The molecule has 0 saturated heterocycles. The number of hydrogen-bond donors (Lipinski definition) is 2. The summed E-state index contributed by atoms with van der Waals surface area (Å²) < 4.78 is 5.62. The summed E-state index contributed by atoms with van der Waals surface area (Å²) in [5, 5.41) is 12.0. The fourth-order valence-electron chi connectivity index (χ4n) is 4.22. The Morgan fingerprint density at radius 3 is 2.18 bits per heavy atom. The second kappa shape index (κ2) is 11.9. The number of alkyl carbamates (subject to hydrolysis) is 1. The highest BCUT2D eigenvalue weighted by Gasteiger charge is 2.30. The van der Waals surface area contributed by atoms with Crippen LogP contribution in [-0.4, -0.2) is 65.7 Å². The molecule has 34 heavy (non-hydrogen) atoms. The van der Waals surface area contributed by atoms with Crippen LogP contribution in [0.2, 0.25) is 0 Å². The Labute approximate surface area is 204 Å². The zero-order chi connectivity index (χ0) is 24.7. The quantitative estimate of drug-likeness (QED) is 0.496. The van der Waals surface area contributed by atoms with Gasteiger partial charge in [0.25, 0.3) is 0 Å². The topological polar surface area (TPSA) is 95.9 Å². The first-order chi connectivity index (χ1) is 16.3. The zero-order valence-corrected chi connectivity index (χ0v) is 20.6. The Morgan fingerprint density at radius 2 is 1.65 bits per heavy atom. The smallest absolute Gasteiger partial charge is 0.407 e. The standard InChI is InChI=1S/C26H32N2O5S/c1-17(2)23(14-24(29)28(12-13-34-3)15-25(30)31)27-26(32)33-16-22-20-10-6-4-8-18(20)19-9-5-7-11-21(19)22/h4-11,17,22-23H,12-16H2,1-3H3,(H,27,32)(H,30,31)/t23-/m0/s1. The van der Waals surface area contributed by atoms with Gasteiger partial charge in [-0.3, -0.25) is 9.59 Å². The van der Waals surface area contributed by atoms with Gasteiger partial charge >= 0.3 is 12.1 Å². The molecule has 0 fully saturated rings. The number of benzene rings is 2. The molecule has 182 valence electrons. The number of nitrogens with zero attached hydrogens (tertiary/aromatic N) is 1. The molecular weight excluding hydrogens is 452 g/mol. The van der Waals surface area contributed by atoms with Gasteiger partial charge in [0, 0.05) is 30.7 Å². The highest BCUT2D eigenvalue weighted by atomic mass is 32.2. The maximum atomic E-state index is 12.8. The molecule has 0 spiro atoms. The molecule has 8 heteroatoms. The minimum atomic E-state index is -1.06. The highest BCUT2D eigenvalue weighted by molar-refractivity contribution is 7.98. The molecule has 0 unspecified atom stereocenters. The minimum Gasteiger partial charge on any atom is -0.480 e. The number of nitrogens with one attached hydrogen (secondary N) is 1. The van der Waals surface area contributed by atoms with Crippen LogP contribution in [0.3, 0.4) is 0 Å². The molecule has 2 amide bonds. The van der Waals surface area contributed by atoms with Crippen molar-refractivity contribution >= 4 is 29.7 Å². The molecule has 0 saturated carbocycles. The molecule has 1 aliphatic rings. The molecule has 0 aliphatic heterocycles. The lowest BCUT2D eigenvalue weighted by molar-refractivity contribution is -0.144. The molecule has 0 aromatic heterocycles. The van der Waals surface area contributed by atoms with E-state index in [2.05, 4.69) is 29.6 Å². The summed E-state index contributed by atoms with van der Waals surface area (Å²) in [7, 11) is 0. The monoisotopic (exact) mass is 484 g/mol. The lowest BCUT2D eigenvalue weighted by Gasteiger charge is -2.26. The first-order valence-corrected chi connectivity index (χ1v) is 12.8. The predicted molar refractivity (Wildman–Crippen MR) is 134 cm³/mol. The van der Waals surface area contributed by atoms with Crippen molar-refractivity contribution in [1.82, 2.24) is 10.2 Å². The SMILES string of the molecule is CSCCN(CC(=O)O)C(=O)C[C@H](NC(=O)OCC1c2ccccc2-c2ccccc21)C(C)C. The van der Waals surface area contributed by atoms with E-state index in [-0.39, 0.29) is 37.3 Å². The number of carbonyl (C=O) groups excluding carboxylic acids is 2. The normalized spacial score (nSPS) is 13.2. The second-order valence-corrected chi connectivity index (χ2v) is 9.71. The summed E-state index contributed by atoms with van der Waals surface area (Å²) in [6.45, 7) is 4.00. The Morgan fingerprint density at radius 1 is 1.06 bits per heavy atom. The van der Waals surface area contributed by atoms with Gasteiger partial charge in [-0.1, -0.05) is 62.4 Å². The predicted octanol–water partition coefficient (Wildman–Crippen LogP) is 4.22. The van der Waals surface area contributed by atoms with Crippen molar-refractivity contribution in [3.63, 3.8) is 0 Å². The maximum absolute atomic E-state index is 12.8.